The maximum Gasteiger partial charge on any atom is 0.322 e. The van der Waals surface area contributed by atoms with E-state index in [2.05, 4.69) is 98.2 Å². The first-order valence-corrected chi connectivity index (χ1v) is 38.5. The lowest BCUT2D eigenvalue weighted by Gasteiger charge is -2.31. The zero-order chi connectivity index (χ0) is 68.4. The van der Waals surface area contributed by atoms with Crippen molar-refractivity contribution in [2.75, 3.05) is 51.4 Å². The number of ether oxygens (including phenoxy) is 2. The summed E-state index contributed by atoms with van der Waals surface area (Å²) in [5, 5.41) is 36.9. The summed E-state index contributed by atoms with van der Waals surface area (Å²) >= 11 is 29.0. The molecular formula is C64H73ClN16O7S11. The van der Waals surface area contributed by atoms with Gasteiger partial charge >= 0.3 is 5.97 Å². The van der Waals surface area contributed by atoms with Crippen molar-refractivity contribution >= 4 is 227 Å². The number of carboxylic acids is 1. The maximum absolute atomic E-state index is 14.0. The van der Waals surface area contributed by atoms with E-state index in [0.717, 1.165) is 103 Å². The molecule has 2 aliphatic carbocycles. The number of carbonyl (C=O) groups is 4. The number of nitrogens with zero attached hydrogens (tertiary/aromatic N) is 10. The van der Waals surface area contributed by atoms with Crippen molar-refractivity contribution in [2.24, 2.45) is 29.0 Å². The highest BCUT2D eigenvalue weighted by Gasteiger charge is 2.35. The Kier molecular flexibility index (Phi) is 27.7. The minimum Gasteiger partial charge on any atom is -0.480 e. The Bertz CT molecular complexity index is 4490. The van der Waals surface area contributed by atoms with E-state index in [9.17, 15) is 19.2 Å². The fraction of sp³-hybridized carbons (Fsp3) is 0.406. The Balaban J connectivity index is 0.000000186. The van der Waals surface area contributed by atoms with Gasteiger partial charge in [-0.1, -0.05) is 24.4 Å². The van der Waals surface area contributed by atoms with Crippen molar-refractivity contribution in [1.29, 1.82) is 5.41 Å². The summed E-state index contributed by atoms with van der Waals surface area (Å²) in [7, 11) is 0. The third-order valence-electron chi connectivity index (χ3n) is 17.0. The van der Waals surface area contributed by atoms with Gasteiger partial charge in [0.15, 0.2) is 22.8 Å². The molecule has 0 spiro atoms. The maximum atomic E-state index is 14.0. The molecule has 3 amide bonds. The van der Waals surface area contributed by atoms with E-state index in [1.54, 1.807) is 39.9 Å². The summed E-state index contributed by atoms with van der Waals surface area (Å²) in [4.78, 5) is 77.3. The van der Waals surface area contributed by atoms with Crippen molar-refractivity contribution in [3.8, 4) is 21.1 Å². The molecule has 524 valence electrons. The number of nitrogens with one attached hydrogen (secondary N) is 3. The molecule has 10 aromatic rings. The number of fused-ring (bicyclic) bond motifs is 4. The lowest BCUT2D eigenvalue weighted by molar-refractivity contribution is -0.135. The number of thiocarbonyl (C=S) groups is 2. The van der Waals surface area contributed by atoms with Crippen LogP contribution in [0, 0.1) is 24.2 Å². The zero-order valence-electron chi connectivity index (χ0n) is 53.7. The number of primary amides is 2. The molecule has 99 heavy (non-hydrogen) atoms. The van der Waals surface area contributed by atoms with Crippen LogP contribution in [0.25, 0.3) is 62.0 Å². The second-order valence-electron chi connectivity index (χ2n) is 24.0. The van der Waals surface area contributed by atoms with Gasteiger partial charge in [0.05, 0.1) is 31.0 Å². The van der Waals surface area contributed by atoms with E-state index in [1.165, 1.54) is 82.6 Å². The van der Waals surface area contributed by atoms with Crippen LogP contribution in [-0.4, -0.2) is 152 Å². The summed E-state index contributed by atoms with van der Waals surface area (Å²) in [6, 6.07) is 11.1. The van der Waals surface area contributed by atoms with Crippen molar-refractivity contribution in [3.63, 3.8) is 0 Å². The summed E-state index contributed by atoms with van der Waals surface area (Å²) in [6.45, 7) is 7.25. The van der Waals surface area contributed by atoms with Gasteiger partial charge < -0.3 is 47.3 Å². The van der Waals surface area contributed by atoms with E-state index in [0.29, 0.717) is 75.1 Å². The van der Waals surface area contributed by atoms with Crippen LogP contribution in [0.5, 0.6) is 0 Å². The van der Waals surface area contributed by atoms with Gasteiger partial charge in [0.1, 0.15) is 44.2 Å². The van der Waals surface area contributed by atoms with Gasteiger partial charge in [0.2, 0.25) is 5.91 Å². The van der Waals surface area contributed by atoms with Crippen molar-refractivity contribution < 1.29 is 33.8 Å². The number of allylic oxidation sites excluding steroid dienone is 1. The van der Waals surface area contributed by atoms with Crippen LogP contribution in [0.4, 0.5) is 5.82 Å². The molecule has 12 heterocycles. The van der Waals surface area contributed by atoms with Crippen LogP contribution in [0.1, 0.15) is 120 Å². The van der Waals surface area contributed by atoms with Gasteiger partial charge in [-0.05, 0) is 143 Å². The number of carboxylic acid groups (broad SMARTS) is 1. The van der Waals surface area contributed by atoms with Crippen molar-refractivity contribution in [3.05, 3.63) is 103 Å². The van der Waals surface area contributed by atoms with Crippen LogP contribution in [0.15, 0.2) is 71.6 Å². The van der Waals surface area contributed by atoms with Gasteiger partial charge in [0, 0.05) is 134 Å². The molecule has 4 fully saturated rings. The number of anilines is 1. The van der Waals surface area contributed by atoms with E-state index < -0.39 is 30.0 Å². The highest BCUT2D eigenvalue weighted by Crippen LogP contribution is 2.47. The highest BCUT2D eigenvalue weighted by atomic mass is 35.5. The zero-order valence-corrected chi connectivity index (χ0v) is 63.7. The van der Waals surface area contributed by atoms with Crippen LogP contribution in [-0.2, 0) is 52.8 Å². The molecule has 6 atom stereocenters. The molecule has 2 saturated heterocycles. The van der Waals surface area contributed by atoms with Crippen LogP contribution in [0.3, 0.4) is 0 Å². The summed E-state index contributed by atoms with van der Waals surface area (Å²) in [5.41, 5.74) is 19.9. The third-order valence-corrected chi connectivity index (χ3v) is 24.6. The highest BCUT2D eigenvalue weighted by molar-refractivity contribution is 8.07. The Morgan fingerprint density at radius 2 is 1.42 bits per heavy atom. The Labute approximate surface area is 628 Å². The molecule has 0 aromatic carbocycles. The fourth-order valence-corrected chi connectivity index (χ4v) is 19.8. The Hall–Kier alpha value is -6.22. The van der Waals surface area contributed by atoms with E-state index in [-0.39, 0.29) is 60.8 Å². The lowest BCUT2D eigenvalue weighted by Crippen LogP contribution is -2.48. The molecule has 0 radical (unpaired) electrons. The molecular weight excluding hydrogens is 1490 g/mol. The molecule has 2 aliphatic heterocycles. The predicted octanol–water partition coefficient (Wildman–Crippen LogP) is 11.6. The quantitative estimate of drug-likeness (QED) is 0.0292. The number of halogens is 1. The number of aromatic nitrogens is 9. The minimum absolute atomic E-state index is 0. The number of thiazole rings is 2. The number of nitrogens with two attached hydrogens (primary N) is 3. The minimum atomic E-state index is -1.11. The molecule has 35 heteroatoms. The topological polar surface area (TPSA) is 336 Å². The summed E-state index contributed by atoms with van der Waals surface area (Å²) < 4.78 is 21.0. The second-order valence-corrected chi connectivity index (χ2v) is 31.2. The number of amides is 3. The van der Waals surface area contributed by atoms with Gasteiger partial charge in [-0.25, -0.2) is 34.1 Å². The van der Waals surface area contributed by atoms with Gasteiger partial charge in [-0.3, -0.25) is 24.6 Å². The van der Waals surface area contributed by atoms with Gasteiger partial charge in [-0.15, -0.1) is 80.4 Å². The van der Waals surface area contributed by atoms with E-state index in [4.69, 9.17) is 66.6 Å². The van der Waals surface area contributed by atoms with Gasteiger partial charge in [-0.2, -0.15) is 23.7 Å². The number of carbonyl (C=O) groups excluding carboxylic acids is 3. The first-order chi connectivity index (χ1) is 46.9. The number of rotatable bonds is 19. The number of aryl methyl sites for hydroxylation is 1. The number of thiophene rings is 4. The smallest absolute Gasteiger partial charge is 0.322 e. The summed E-state index contributed by atoms with van der Waals surface area (Å²) in [5.74, 6) is 0.228. The van der Waals surface area contributed by atoms with E-state index >= 15 is 0 Å². The second kappa shape index (κ2) is 35.6. The van der Waals surface area contributed by atoms with Crippen molar-refractivity contribution in [2.45, 2.75) is 109 Å². The van der Waals surface area contributed by atoms with Crippen LogP contribution >= 0.6 is 118 Å². The normalized spacial score (nSPS) is 19.3. The number of hydrogen-bond acceptors (Lipinski definition) is 27. The Morgan fingerprint density at radius 3 is 2.05 bits per heavy atom. The lowest BCUT2D eigenvalue weighted by atomic mass is 9.96. The average molecular weight is 1570 g/mol. The van der Waals surface area contributed by atoms with Crippen LogP contribution in [0.2, 0.25) is 0 Å². The largest absolute Gasteiger partial charge is 0.480 e. The van der Waals surface area contributed by atoms with E-state index in [1.807, 2.05) is 58.1 Å². The standard InChI is InChI=1S/C32H32N8O3S4.C18H23NOS3.C14H15N7O3S.ClH.S2.H2S/c1-17-9-26-34-13-20(14-39(26)36-17)32-35-31-29(47-32)28(30(33)42)37-40(31)15-27(41)38-6-2-7-43-16-21(38)22(44)11-18-3-4-19(10-18)24-12-25-23(46-24)5-8-45-25;21-15(14-11-20-6-1-5-19-14)9-12-2-3-13(8-12)17-10-18-16(23-17)4-7-22-18;1-6(15)2-8-18-3-7(4-19-8)14-21-13(20-5-9(22)23)11(25-14)10(16)12(17)24;;1-2;/h5,8-9,12-14,18-19,21H,2-4,6-7,10-11,15-16H2,1H3,(H2,33,42);4,7,10,12-14,19H,1-3,5-6,8-9,11H2;2-4,16,20H,5,15H2,1H3,(H2,17,24)(H,22,23);1H;;1H2/t18?,19?,21-;12?,13?,14-;;;;/m00..../s1. The average Bonchev–Trinajstić information content (AvgIpc) is 1.62. The van der Waals surface area contributed by atoms with Crippen LogP contribution < -0.4 is 27.8 Å². The fourth-order valence-electron chi connectivity index (χ4n) is 12.4. The third kappa shape index (κ3) is 19.1. The molecule has 4 aliphatic rings. The summed E-state index contributed by atoms with van der Waals surface area (Å²) in [6.07, 6.45) is 19.3. The molecule has 0 bridgehead atoms. The van der Waals surface area contributed by atoms with Gasteiger partial charge in [0.25, 0.3) is 11.8 Å². The first-order valence-electron chi connectivity index (χ1n) is 31.3. The molecule has 2 saturated carbocycles. The SMILES string of the molecule is CC(N)=Cc1ncc(-c2nc(NCC(=O)O)c(C(=N)C(N)=O)s2)cn1.Cc1cc2ncc(-c3nc4c(s3)c(C(N)=O)nn4CC(=O)N3CCCOC[C@H]3C(=S)CC3CCC(c4cc5sccc5s4)C3)cn2n1.Cl.S.S=C(CC1CCC(c2cc3sccc3s2)C1)[C@@H]1COCCCN1.S=S. The molecule has 23 nitrogen and oxygen atoms in total. The predicted molar refractivity (Wildman–Crippen MR) is 418 cm³/mol. The number of aliphatic carboxylic acids is 1. The first kappa shape index (κ1) is 76.9. The monoisotopic (exact) mass is 1560 g/mol. The number of hydrogen-bond donors (Lipinski definition) is 7. The molecule has 10 aromatic heterocycles. The van der Waals surface area contributed by atoms with Crippen molar-refractivity contribution in [1.82, 2.24) is 54.5 Å². The Morgan fingerprint density at radius 1 is 0.798 bits per heavy atom. The molecule has 14 rings (SSSR count). The molecule has 10 N–H and O–H groups in total. The molecule has 4 unspecified atom stereocenters.